The van der Waals surface area contributed by atoms with E-state index in [0.29, 0.717) is 29.1 Å². The van der Waals surface area contributed by atoms with Gasteiger partial charge in [-0.05, 0) is 49.4 Å². The number of fused-ring (bicyclic) bond motifs is 1. The van der Waals surface area contributed by atoms with Crippen LogP contribution < -0.4 is 10.1 Å². The van der Waals surface area contributed by atoms with Crippen LogP contribution in [0.15, 0.2) is 42.9 Å². The number of benzene rings is 1. The Morgan fingerprint density at radius 1 is 1.12 bits per heavy atom. The summed E-state index contributed by atoms with van der Waals surface area (Å²) in [5.41, 5.74) is 1.35. The first-order valence-corrected chi connectivity index (χ1v) is 8.54. The second kappa shape index (κ2) is 7.01. The highest BCUT2D eigenvalue weighted by Gasteiger charge is 2.17. The van der Waals surface area contributed by atoms with Crippen molar-refractivity contribution in [2.75, 3.05) is 5.32 Å². The highest BCUT2D eigenvalue weighted by atomic mass is 19.1. The minimum atomic E-state index is -0.348. The van der Waals surface area contributed by atoms with Crippen LogP contribution in [-0.2, 0) is 6.54 Å². The molecule has 1 fully saturated rings. The average Bonchev–Trinajstić information content (AvgIpc) is 3.14. The number of hydrogen-bond donors (Lipinski definition) is 1. The molecule has 0 atom stereocenters. The molecule has 25 heavy (non-hydrogen) atoms. The van der Waals surface area contributed by atoms with Crippen molar-refractivity contribution in [2.45, 2.75) is 38.3 Å². The second-order valence-electron chi connectivity index (χ2n) is 6.24. The standard InChI is InChI=1S/C19H19FN4O/c20-16-7-3-6-15-18(16)23-12-24-19(15)22-11-13-8-9-21-17(10-13)25-14-4-1-2-5-14/h3,6-10,12,14H,1-2,4-5,11H2,(H,22,23,24). The predicted octanol–water partition coefficient (Wildman–Crippen LogP) is 4.10. The average molecular weight is 338 g/mol. The van der Waals surface area contributed by atoms with Gasteiger partial charge in [0.2, 0.25) is 5.88 Å². The molecule has 0 radical (unpaired) electrons. The molecule has 4 rings (SSSR count). The van der Waals surface area contributed by atoms with Crippen LogP contribution in [0.5, 0.6) is 5.88 Å². The van der Waals surface area contributed by atoms with Crippen molar-refractivity contribution < 1.29 is 9.13 Å². The molecule has 0 saturated heterocycles. The van der Waals surface area contributed by atoms with E-state index in [4.69, 9.17) is 4.74 Å². The first-order chi connectivity index (χ1) is 12.3. The molecule has 0 bridgehead atoms. The molecule has 2 aromatic heterocycles. The lowest BCUT2D eigenvalue weighted by Crippen LogP contribution is -2.12. The molecule has 0 unspecified atom stereocenters. The molecule has 2 heterocycles. The second-order valence-corrected chi connectivity index (χ2v) is 6.24. The fourth-order valence-corrected chi connectivity index (χ4v) is 3.18. The number of para-hydroxylation sites is 1. The van der Waals surface area contributed by atoms with E-state index >= 15 is 0 Å². The summed E-state index contributed by atoms with van der Waals surface area (Å²) in [7, 11) is 0. The summed E-state index contributed by atoms with van der Waals surface area (Å²) in [6.07, 6.45) is 8.05. The van der Waals surface area contributed by atoms with E-state index in [2.05, 4.69) is 20.3 Å². The number of rotatable bonds is 5. The van der Waals surface area contributed by atoms with Crippen LogP contribution in [0, 0.1) is 5.82 Å². The van der Waals surface area contributed by atoms with Gasteiger partial charge in [-0.1, -0.05) is 6.07 Å². The summed E-state index contributed by atoms with van der Waals surface area (Å²) in [6, 6.07) is 8.73. The number of halogens is 1. The quantitative estimate of drug-likeness (QED) is 0.759. The molecule has 1 saturated carbocycles. The fourth-order valence-electron chi connectivity index (χ4n) is 3.18. The topological polar surface area (TPSA) is 59.9 Å². The number of aromatic nitrogens is 3. The SMILES string of the molecule is Fc1cccc2c(NCc3ccnc(OC4CCCC4)c3)ncnc12. The Kier molecular flexibility index (Phi) is 4.41. The Balaban J connectivity index is 1.49. The Morgan fingerprint density at radius 2 is 2.00 bits per heavy atom. The number of hydrogen-bond acceptors (Lipinski definition) is 5. The number of nitrogens with zero attached hydrogens (tertiary/aromatic N) is 3. The lowest BCUT2D eigenvalue weighted by atomic mass is 10.2. The summed E-state index contributed by atoms with van der Waals surface area (Å²) in [5.74, 6) is 0.920. The van der Waals surface area contributed by atoms with Crippen LogP contribution in [0.25, 0.3) is 10.9 Å². The van der Waals surface area contributed by atoms with Crippen LogP contribution in [0.4, 0.5) is 10.2 Å². The van der Waals surface area contributed by atoms with Gasteiger partial charge in [-0.25, -0.2) is 19.3 Å². The van der Waals surface area contributed by atoms with E-state index < -0.39 is 0 Å². The zero-order chi connectivity index (χ0) is 17.1. The van der Waals surface area contributed by atoms with Crippen LogP contribution >= 0.6 is 0 Å². The molecule has 6 heteroatoms. The van der Waals surface area contributed by atoms with Gasteiger partial charge in [-0.3, -0.25) is 0 Å². The monoisotopic (exact) mass is 338 g/mol. The van der Waals surface area contributed by atoms with Gasteiger partial charge < -0.3 is 10.1 Å². The van der Waals surface area contributed by atoms with E-state index in [1.165, 1.54) is 25.2 Å². The number of nitrogens with one attached hydrogen (secondary N) is 1. The van der Waals surface area contributed by atoms with Crippen LogP contribution in [0.1, 0.15) is 31.2 Å². The molecule has 5 nitrogen and oxygen atoms in total. The molecule has 0 spiro atoms. The van der Waals surface area contributed by atoms with Crippen molar-refractivity contribution in [3.63, 3.8) is 0 Å². The van der Waals surface area contributed by atoms with E-state index in [9.17, 15) is 4.39 Å². The fraction of sp³-hybridized carbons (Fsp3) is 0.316. The number of pyridine rings is 1. The van der Waals surface area contributed by atoms with Gasteiger partial charge in [0.1, 0.15) is 29.6 Å². The largest absolute Gasteiger partial charge is 0.474 e. The zero-order valence-electron chi connectivity index (χ0n) is 13.8. The molecule has 0 aliphatic heterocycles. The Hall–Kier alpha value is -2.76. The van der Waals surface area contributed by atoms with Gasteiger partial charge in [0, 0.05) is 24.2 Å². The van der Waals surface area contributed by atoms with Crippen molar-refractivity contribution in [1.82, 2.24) is 15.0 Å². The highest BCUT2D eigenvalue weighted by Crippen LogP contribution is 2.24. The maximum atomic E-state index is 13.8. The van der Waals surface area contributed by atoms with E-state index in [1.807, 2.05) is 18.2 Å². The van der Waals surface area contributed by atoms with Gasteiger partial charge >= 0.3 is 0 Å². The summed E-state index contributed by atoms with van der Waals surface area (Å²) in [5, 5.41) is 3.92. The minimum absolute atomic E-state index is 0.282. The van der Waals surface area contributed by atoms with Crippen LogP contribution in [0.2, 0.25) is 0 Å². The molecule has 1 aromatic carbocycles. The summed E-state index contributed by atoms with van der Waals surface area (Å²) >= 11 is 0. The number of anilines is 1. The molecule has 1 aliphatic rings. The Labute approximate surface area is 145 Å². The third kappa shape index (κ3) is 3.52. The van der Waals surface area contributed by atoms with Crippen molar-refractivity contribution in [1.29, 1.82) is 0 Å². The molecule has 3 aromatic rings. The zero-order valence-corrected chi connectivity index (χ0v) is 13.8. The van der Waals surface area contributed by atoms with Gasteiger partial charge in [-0.15, -0.1) is 0 Å². The smallest absolute Gasteiger partial charge is 0.213 e. The van der Waals surface area contributed by atoms with Gasteiger partial charge in [0.25, 0.3) is 0 Å². The molecule has 1 aliphatic carbocycles. The van der Waals surface area contributed by atoms with E-state index in [0.717, 1.165) is 18.4 Å². The molecule has 128 valence electrons. The van der Waals surface area contributed by atoms with Crippen LogP contribution in [-0.4, -0.2) is 21.1 Å². The molecular formula is C19H19FN4O. The first-order valence-electron chi connectivity index (χ1n) is 8.54. The van der Waals surface area contributed by atoms with Gasteiger partial charge in [0.15, 0.2) is 0 Å². The van der Waals surface area contributed by atoms with Crippen molar-refractivity contribution in [3.8, 4) is 5.88 Å². The van der Waals surface area contributed by atoms with Crippen molar-refractivity contribution in [2.24, 2.45) is 0 Å². The first kappa shape index (κ1) is 15.7. The van der Waals surface area contributed by atoms with E-state index in [-0.39, 0.29) is 11.9 Å². The lowest BCUT2D eigenvalue weighted by Gasteiger charge is -2.13. The van der Waals surface area contributed by atoms with Gasteiger partial charge in [0.05, 0.1) is 0 Å². The lowest BCUT2D eigenvalue weighted by molar-refractivity contribution is 0.201. The van der Waals surface area contributed by atoms with Gasteiger partial charge in [-0.2, -0.15) is 0 Å². The van der Waals surface area contributed by atoms with E-state index in [1.54, 1.807) is 12.3 Å². The van der Waals surface area contributed by atoms with Crippen LogP contribution in [0.3, 0.4) is 0 Å². The summed E-state index contributed by atoms with van der Waals surface area (Å²) < 4.78 is 19.8. The summed E-state index contributed by atoms with van der Waals surface area (Å²) in [6.45, 7) is 0.548. The maximum Gasteiger partial charge on any atom is 0.213 e. The summed E-state index contributed by atoms with van der Waals surface area (Å²) in [4.78, 5) is 12.5. The minimum Gasteiger partial charge on any atom is -0.474 e. The Bertz CT molecular complexity index is 880. The maximum absolute atomic E-state index is 13.8. The normalized spacial score (nSPS) is 14.8. The third-order valence-corrected chi connectivity index (χ3v) is 4.46. The highest BCUT2D eigenvalue weighted by molar-refractivity contribution is 5.89. The predicted molar refractivity (Wildman–Crippen MR) is 93.9 cm³/mol. The molecule has 1 N–H and O–H groups in total. The van der Waals surface area contributed by atoms with Crippen molar-refractivity contribution in [3.05, 3.63) is 54.2 Å². The van der Waals surface area contributed by atoms with Crippen molar-refractivity contribution >= 4 is 16.7 Å². The molecular weight excluding hydrogens is 319 g/mol. The number of ether oxygens (including phenoxy) is 1. The third-order valence-electron chi connectivity index (χ3n) is 4.46. The molecule has 0 amide bonds. The Morgan fingerprint density at radius 3 is 2.88 bits per heavy atom.